The number of nitrogens with one attached hydrogen (secondary N) is 1. The van der Waals surface area contributed by atoms with Crippen LogP contribution in [0.25, 0.3) is 0 Å². The van der Waals surface area contributed by atoms with Crippen molar-refractivity contribution >= 4 is 5.69 Å². The lowest BCUT2D eigenvalue weighted by Gasteiger charge is -2.12. The minimum Gasteiger partial charge on any atom is -0.492 e. The van der Waals surface area contributed by atoms with Crippen molar-refractivity contribution in [2.75, 3.05) is 31.7 Å². The van der Waals surface area contributed by atoms with Crippen LogP contribution in [0, 0.1) is 6.92 Å². The number of anilines is 1. The molecule has 1 aliphatic rings. The quantitative estimate of drug-likeness (QED) is 0.743. The second kappa shape index (κ2) is 8.60. The van der Waals surface area contributed by atoms with E-state index in [1.54, 1.807) is 0 Å². The Morgan fingerprint density at radius 3 is 2.71 bits per heavy atom. The van der Waals surface area contributed by atoms with Crippen LogP contribution in [-0.4, -0.2) is 32.5 Å². The number of aryl methyl sites for hydroxylation is 1. The number of ether oxygens (including phenoxy) is 3. The van der Waals surface area contributed by atoms with Gasteiger partial charge in [0.25, 0.3) is 0 Å². The minimum absolute atomic E-state index is 0.251. The van der Waals surface area contributed by atoms with E-state index in [0.29, 0.717) is 13.2 Å². The van der Waals surface area contributed by atoms with E-state index < -0.39 is 0 Å². The van der Waals surface area contributed by atoms with Crippen LogP contribution < -0.4 is 14.8 Å². The predicted molar refractivity (Wildman–Crippen MR) is 96.1 cm³/mol. The topological polar surface area (TPSA) is 39.7 Å². The Balaban J connectivity index is 1.36. The molecule has 1 saturated heterocycles. The van der Waals surface area contributed by atoms with Gasteiger partial charge in [-0.3, -0.25) is 0 Å². The fourth-order valence-electron chi connectivity index (χ4n) is 2.70. The fraction of sp³-hybridized carbons (Fsp3) is 0.400. The zero-order chi connectivity index (χ0) is 16.6. The first-order valence-corrected chi connectivity index (χ1v) is 8.57. The van der Waals surface area contributed by atoms with Gasteiger partial charge in [-0.2, -0.15) is 0 Å². The molecule has 1 atom stereocenters. The van der Waals surface area contributed by atoms with Gasteiger partial charge in [-0.15, -0.1) is 0 Å². The molecule has 0 amide bonds. The molecule has 1 heterocycles. The van der Waals surface area contributed by atoms with Gasteiger partial charge in [0.2, 0.25) is 0 Å². The molecule has 0 aliphatic carbocycles. The van der Waals surface area contributed by atoms with Crippen molar-refractivity contribution in [1.82, 2.24) is 0 Å². The van der Waals surface area contributed by atoms with Gasteiger partial charge >= 0.3 is 0 Å². The standard InChI is InChI=1S/C20H25NO3/c1-16-4-2-5-19(14-16)23-13-11-21-17-7-9-18(10-8-17)24-15-20-6-3-12-22-20/h2,4-5,7-10,14,20-21H,3,6,11-13,15H2,1H3. The van der Waals surface area contributed by atoms with Crippen molar-refractivity contribution < 1.29 is 14.2 Å². The zero-order valence-corrected chi connectivity index (χ0v) is 14.2. The highest BCUT2D eigenvalue weighted by atomic mass is 16.5. The SMILES string of the molecule is Cc1cccc(OCCNc2ccc(OCC3CCCO3)cc2)c1. The van der Waals surface area contributed by atoms with Gasteiger partial charge in [-0.1, -0.05) is 12.1 Å². The number of rotatable bonds is 8. The summed E-state index contributed by atoms with van der Waals surface area (Å²) >= 11 is 0. The van der Waals surface area contributed by atoms with Crippen molar-refractivity contribution in [3.63, 3.8) is 0 Å². The van der Waals surface area contributed by atoms with Crippen LogP contribution in [0.15, 0.2) is 48.5 Å². The molecule has 4 nitrogen and oxygen atoms in total. The Labute approximate surface area is 143 Å². The van der Waals surface area contributed by atoms with Crippen LogP contribution in [0.2, 0.25) is 0 Å². The number of hydrogen-bond acceptors (Lipinski definition) is 4. The van der Waals surface area contributed by atoms with Crippen molar-refractivity contribution in [2.24, 2.45) is 0 Å². The summed E-state index contributed by atoms with van der Waals surface area (Å²) in [5.41, 5.74) is 2.27. The van der Waals surface area contributed by atoms with Crippen LogP contribution in [0.4, 0.5) is 5.69 Å². The average molecular weight is 327 g/mol. The first-order chi connectivity index (χ1) is 11.8. The van der Waals surface area contributed by atoms with Gasteiger partial charge in [0.15, 0.2) is 0 Å². The second-order valence-electron chi connectivity index (χ2n) is 6.06. The van der Waals surface area contributed by atoms with Crippen molar-refractivity contribution in [1.29, 1.82) is 0 Å². The first-order valence-electron chi connectivity index (χ1n) is 8.57. The van der Waals surface area contributed by atoms with Crippen LogP contribution in [0.1, 0.15) is 18.4 Å². The smallest absolute Gasteiger partial charge is 0.119 e. The third kappa shape index (κ3) is 5.17. The second-order valence-corrected chi connectivity index (χ2v) is 6.06. The molecule has 24 heavy (non-hydrogen) atoms. The van der Waals surface area contributed by atoms with E-state index in [0.717, 1.165) is 43.2 Å². The molecule has 1 aliphatic heterocycles. The van der Waals surface area contributed by atoms with E-state index in [2.05, 4.69) is 18.3 Å². The molecule has 4 heteroatoms. The van der Waals surface area contributed by atoms with Gasteiger partial charge < -0.3 is 19.5 Å². The molecule has 128 valence electrons. The number of benzene rings is 2. The lowest BCUT2D eigenvalue weighted by molar-refractivity contribution is 0.0679. The maximum Gasteiger partial charge on any atom is 0.119 e. The van der Waals surface area contributed by atoms with Gasteiger partial charge in [0.1, 0.15) is 24.7 Å². The van der Waals surface area contributed by atoms with E-state index in [4.69, 9.17) is 14.2 Å². The van der Waals surface area contributed by atoms with Gasteiger partial charge in [-0.25, -0.2) is 0 Å². The zero-order valence-electron chi connectivity index (χ0n) is 14.2. The molecule has 0 saturated carbocycles. The molecular weight excluding hydrogens is 302 g/mol. The van der Waals surface area contributed by atoms with Crippen LogP contribution in [0.3, 0.4) is 0 Å². The van der Waals surface area contributed by atoms with E-state index in [-0.39, 0.29) is 6.10 Å². The summed E-state index contributed by atoms with van der Waals surface area (Å²) in [4.78, 5) is 0. The summed E-state index contributed by atoms with van der Waals surface area (Å²) in [5, 5.41) is 3.35. The molecule has 0 aromatic heterocycles. The predicted octanol–water partition coefficient (Wildman–Crippen LogP) is 4.04. The van der Waals surface area contributed by atoms with Crippen LogP contribution in [0.5, 0.6) is 11.5 Å². The van der Waals surface area contributed by atoms with Crippen molar-refractivity contribution in [3.8, 4) is 11.5 Å². The Hall–Kier alpha value is -2.20. The van der Waals surface area contributed by atoms with Gasteiger partial charge in [0.05, 0.1) is 6.10 Å². The third-order valence-corrected chi connectivity index (χ3v) is 4.00. The molecule has 1 unspecified atom stereocenters. The Morgan fingerprint density at radius 1 is 1.08 bits per heavy atom. The monoisotopic (exact) mass is 327 g/mol. The van der Waals surface area contributed by atoms with Crippen LogP contribution >= 0.6 is 0 Å². The molecule has 1 N–H and O–H groups in total. The molecule has 0 bridgehead atoms. The summed E-state index contributed by atoms with van der Waals surface area (Å²) in [6.07, 6.45) is 2.49. The highest BCUT2D eigenvalue weighted by Crippen LogP contribution is 2.18. The Morgan fingerprint density at radius 2 is 1.96 bits per heavy atom. The largest absolute Gasteiger partial charge is 0.492 e. The molecule has 1 fully saturated rings. The van der Waals surface area contributed by atoms with Crippen LogP contribution in [-0.2, 0) is 4.74 Å². The summed E-state index contributed by atoms with van der Waals surface area (Å²) < 4.78 is 17.0. The molecule has 0 radical (unpaired) electrons. The van der Waals surface area contributed by atoms with Gasteiger partial charge in [-0.05, 0) is 61.7 Å². The fourth-order valence-corrected chi connectivity index (χ4v) is 2.70. The average Bonchev–Trinajstić information content (AvgIpc) is 3.12. The first kappa shape index (κ1) is 16.7. The molecule has 2 aromatic carbocycles. The number of hydrogen-bond donors (Lipinski definition) is 1. The van der Waals surface area contributed by atoms with E-state index >= 15 is 0 Å². The highest BCUT2D eigenvalue weighted by Gasteiger charge is 2.15. The van der Waals surface area contributed by atoms with Crippen molar-refractivity contribution in [3.05, 3.63) is 54.1 Å². The van der Waals surface area contributed by atoms with E-state index in [9.17, 15) is 0 Å². The minimum atomic E-state index is 0.251. The molecular formula is C20H25NO3. The van der Waals surface area contributed by atoms with Gasteiger partial charge in [0, 0.05) is 18.8 Å². The Kier molecular flexibility index (Phi) is 5.96. The maximum atomic E-state index is 5.76. The third-order valence-electron chi connectivity index (χ3n) is 4.00. The summed E-state index contributed by atoms with van der Waals surface area (Å²) in [6.45, 7) is 4.94. The Bertz CT molecular complexity index is 621. The normalized spacial score (nSPS) is 16.8. The molecule has 3 rings (SSSR count). The maximum absolute atomic E-state index is 5.76. The van der Waals surface area contributed by atoms with E-state index in [1.165, 1.54) is 5.56 Å². The molecule has 2 aromatic rings. The summed E-state index contributed by atoms with van der Waals surface area (Å²) in [6, 6.07) is 16.1. The lowest BCUT2D eigenvalue weighted by atomic mass is 10.2. The lowest BCUT2D eigenvalue weighted by Crippen LogP contribution is -2.16. The van der Waals surface area contributed by atoms with Crippen molar-refractivity contribution in [2.45, 2.75) is 25.9 Å². The molecule has 0 spiro atoms. The van der Waals surface area contributed by atoms with E-state index in [1.807, 2.05) is 42.5 Å². The summed E-state index contributed by atoms with van der Waals surface area (Å²) in [7, 11) is 0. The summed E-state index contributed by atoms with van der Waals surface area (Å²) in [5.74, 6) is 1.79. The highest BCUT2D eigenvalue weighted by molar-refractivity contribution is 5.46.